The average molecular weight is 350 g/mol. The fraction of sp³-hybridized carbons (Fsp3) is 0.556. The molecule has 1 aliphatic heterocycles. The second-order valence-corrected chi connectivity index (χ2v) is 7.18. The number of amides is 2. The molecule has 0 radical (unpaired) electrons. The molecular weight excluding hydrogens is 322 g/mol. The molecule has 0 spiro atoms. The Hall–Kier alpha value is -1.53. The molecule has 1 heterocycles. The third-order valence-electron chi connectivity index (χ3n) is 4.49. The minimum atomic E-state index is 0.00543. The molecule has 1 aliphatic rings. The predicted octanol–water partition coefficient (Wildman–Crippen LogP) is 2.14. The van der Waals surface area contributed by atoms with E-state index in [9.17, 15) is 9.59 Å². The molecule has 1 aromatic rings. The highest BCUT2D eigenvalue weighted by Crippen LogP contribution is 2.18. The van der Waals surface area contributed by atoms with Crippen LogP contribution in [0.5, 0.6) is 0 Å². The zero-order valence-electron chi connectivity index (χ0n) is 14.8. The van der Waals surface area contributed by atoms with E-state index >= 15 is 0 Å². The molecule has 0 unspecified atom stereocenters. The molecule has 24 heavy (non-hydrogen) atoms. The number of nitrogens with one attached hydrogen (secondary N) is 1. The van der Waals surface area contributed by atoms with Crippen LogP contribution in [-0.2, 0) is 9.59 Å². The molecular formula is C18H27N3O2S. The van der Waals surface area contributed by atoms with E-state index < -0.39 is 0 Å². The molecule has 0 aromatic heterocycles. The molecule has 1 saturated heterocycles. The first-order valence-electron chi connectivity index (χ1n) is 8.36. The van der Waals surface area contributed by atoms with Gasteiger partial charge < -0.3 is 10.2 Å². The zero-order chi connectivity index (χ0) is 17.5. The fourth-order valence-corrected chi connectivity index (χ4v) is 3.16. The summed E-state index contributed by atoms with van der Waals surface area (Å²) in [5.74, 6) is 1.10. The standard InChI is InChI=1S/C18H27N3O2S/c1-14-5-4-6-16(15(14)2)19-17(22)13-20-8-10-21(11-9-20)18(23)7-12-24-3/h4-6H,7-13H2,1-3H3,(H,19,22). The summed E-state index contributed by atoms with van der Waals surface area (Å²) in [6, 6.07) is 5.93. The van der Waals surface area contributed by atoms with Crippen molar-refractivity contribution < 1.29 is 9.59 Å². The minimum Gasteiger partial charge on any atom is -0.340 e. The summed E-state index contributed by atoms with van der Waals surface area (Å²) in [6.07, 6.45) is 2.62. The summed E-state index contributed by atoms with van der Waals surface area (Å²) in [5.41, 5.74) is 3.16. The highest BCUT2D eigenvalue weighted by atomic mass is 32.2. The summed E-state index contributed by atoms with van der Waals surface area (Å²) in [5, 5.41) is 3.00. The molecule has 2 amide bonds. The van der Waals surface area contributed by atoms with Gasteiger partial charge in [0.2, 0.25) is 11.8 Å². The first-order valence-corrected chi connectivity index (χ1v) is 9.75. The number of anilines is 1. The van der Waals surface area contributed by atoms with Gasteiger partial charge in [-0.2, -0.15) is 11.8 Å². The molecule has 132 valence electrons. The Bertz CT molecular complexity index is 584. The van der Waals surface area contributed by atoms with Crippen LogP contribution in [0.3, 0.4) is 0 Å². The summed E-state index contributed by atoms with van der Waals surface area (Å²) < 4.78 is 0. The van der Waals surface area contributed by atoms with E-state index in [1.807, 2.05) is 43.2 Å². The number of thioether (sulfide) groups is 1. The molecule has 2 rings (SSSR count). The van der Waals surface area contributed by atoms with E-state index in [0.717, 1.165) is 30.1 Å². The van der Waals surface area contributed by atoms with E-state index in [0.29, 0.717) is 26.1 Å². The van der Waals surface area contributed by atoms with Crippen molar-refractivity contribution >= 4 is 29.3 Å². The molecule has 0 aliphatic carbocycles. The van der Waals surface area contributed by atoms with Gasteiger partial charge in [0.25, 0.3) is 0 Å². The minimum absolute atomic E-state index is 0.00543. The molecule has 0 bridgehead atoms. The van der Waals surface area contributed by atoms with Gasteiger partial charge in [0.15, 0.2) is 0 Å². The van der Waals surface area contributed by atoms with Crippen molar-refractivity contribution in [3.63, 3.8) is 0 Å². The molecule has 1 aromatic carbocycles. The molecule has 6 heteroatoms. The van der Waals surface area contributed by atoms with Crippen LogP contribution in [0.1, 0.15) is 17.5 Å². The van der Waals surface area contributed by atoms with Crippen molar-refractivity contribution in [3.05, 3.63) is 29.3 Å². The molecule has 5 nitrogen and oxygen atoms in total. The van der Waals surface area contributed by atoms with Crippen LogP contribution in [-0.4, -0.2) is 66.3 Å². The monoisotopic (exact) mass is 349 g/mol. The number of carbonyl (C=O) groups is 2. The highest BCUT2D eigenvalue weighted by molar-refractivity contribution is 7.98. The topological polar surface area (TPSA) is 52.7 Å². The Labute approximate surface area is 148 Å². The second kappa shape index (κ2) is 9.08. The third-order valence-corrected chi connectivity index (χ3v) is 5.10. The van der Waals surface area contributed by atoms with Crippen molar-refractivity contribution in [2.24, 2.45) is 0 Å². The van der Waals surface area contributed by atoms with Gasteiger partial charge >= 0.3 is 0 Å². The van der Waals surface area contributed by atoms with Crippen LogP contribution in [0, 0.1) is 13.8 Å². The van der Waals surface area contributed by atoms with Crippen molar-refractivity contribution in [2.45, 2.75) is 20.3 Å². The fourth-order valence-electron chi connectivity index (χ4n) is 2.78. The van der Waals surface area contributed by atoms with E-state index in [1.165, 1.54) is 5.56 Å². The van der Waals surface area contributed by atoms with Crippen molar-refractivity contribution in [3.8, 4) is 0 Å². The van der Waals surface area contributed by atoms with Gasteiger partial charge in [-0.3, -0.25) is 14.5 Å². The quantitative estimate of drug-likeness (QED) is 0.855. The number of aryl methyl sites for hydroxylation is 1. The van der Waals surface area contributed by atoms with Crippen LogP contribution in [0.15, 0.2) is 18.2 Å². The van der Waals surface area contributed by atoms with Crippen molar-refractivity contribution in [2.75, 3.05) is 50.0 Å². The number of carbonyl (C=O) groups excluding carboxylic acids is 2. The first-order chi connectivity index (χ1) is 11.5. The first kappa shape index (κ1) is 18.8. The maximum Gasteiger partial charge on any atom is 0.238 e. The number of rotatable bonds is 6. The van der Waals surface area contributed by atoms with Gasteiger partial charge in [0.05, 0.1) is 6.54 Å². The van der Waals surface area contributed by atoms with Crippen molar-refractivity contribution in [1.82, 2.24) is 9.80 Å². The van der Waals surface area contributed by atoms with Gasteiger partial charge in [-0.15, -0.1) is 0 Å². The van der Waals surface area contributed by atoms with Crippen LogP contribution in [0.25, 0.3) is 0 Å². The Balaban J connectivity index is 1.78. The number of hydrogen-bond donors (Lipinski definition) is 1. The lowest BCUT2D eigenvalue weighted by atomic mass is 10.1. The van der Waals surface area contributed by atoms with Gasteiger partial charge in [-0.1, -0.05) is 12.1 Å². The number of nitrogens with zero attached hydrogens (tertiary/aromatic N) is 2. The van der Waals surface area contributed by atoms with Crippen LogP contribution in [0.2, 0.25) is 0 Å². The smallest absolute Gasteiger partial charge is 0.238 e. The molecule has 0 saturated carbocycles. The number of piperazine rings is 1. The third kappa shape index (κ3) is 5.24. The second-order valence-electron chi connectivity index (χ2n) is 6.20. The van der Waals surface area contributed by atoms with Gasteiger partial charge in [-0.25, -0.2) is 0 Å². The molecule has 1 N–H and O–H groups in total. The van der Waals surface area contributed by atoms with Crippen LogP contribution in [0.4, 0.5) is 5.69 Å². The van der Waals surface area contributed by atoms with Gasteiger partial charge in [0.1, 0.15) is 0 Å². The van der Waals surface area contributed by atoms with Crippen LogP contribution >= 0.6 is 11.8 Å². The zero-order valence-corrected chi connectivity index (χ0v) is 15.6. The summed E-state index contributed by atoms with van der Waals surface area (Å²) in [6.45, 7) is 7.37. The summed E-state index contributed by atoms with van der Waals surface area (Å²) >= 11 is 1.70. The van der Waals surface area contributed by atoms with Gasteiger partial charge in [0, 0.05) is 44.0 Å². The lowest BCUT2D eigenvalue weighted by Crippen LogP contribution is -2.50. The van der Waals surface area contributed by atoms with E-state index in [2.05, 4.69) is 10.2 Å². The Kier molecular flexibility index (Phi) is 7.12. The average Bonchev–Trinajstić information content (AvgIpc) is 2.57. The SMILES string of the molecule is CSCCC(=O)N1CCN(CC(=O)Nc2cccc(C)c2C)CC1. The molecule has 0 atom stereocenters. The summed E-state index contributed by atoms with van der Waals surface area (Å²) in [7, 11) is 0. The Morgan fingerprint density at radius 3 is 2.54 bits per heavy atom. The number of hydrogen-bond acceptors (Lipinski definition) is 4. The largest absolute Gasteiger partial charge is 0.340 e. The van der Waals surface area contributed by atoms with Crippen LogP contribution < -0.4 is 5.32 Å². The van der Waals surface area contributed by atoms with E-state index in [-0.39, 0.29) is 11.8 Å². The Morgan fingerprint density at radius 1 is 1.17 bits per heavy atom. The molecule has 1 fully saturated rings. The lowest BCUT2D eigenvalue weighted by molar-refractivity contribution is -0.132. The van der Waals surface area contributed by atoms with Crippen molar-refractivity contribution in [1.29, 1.82) is 0 Å². The van der Waals surface area contributed by atoms with E-state index in [1.54, 1.807) is 11.8 Å². The highest BCUT2D eigenvalue weighted by Gasteiger charge is 2.22. The van der Waals surface area contributed by atoms with Gasteiger partial charge in [-0.05, 0) is 37.3 Å². The predicted molar refractivity (Wildman–Crippen MR) is 101 cm³/mol. The maximum absolute atomic E-state index is 12.3. The maximum atomic E-state index is 12.3. The van der Waals surface area contributed by atoms with E-state index in [4.69, 9.17) is 0 Å². The Morgan fingerprint density at radius 2 is 1.88 bits per heavy atom. The normalized spacial score (nSPS) is 15.4. The summed E-state index contributed by atoms with van der Waals surface area (Å²) in [4.78, 5) is 28.3. The lowest BCUT2D eigenvalue weighted by Gasteiger charge is -2.34. The number of benzene rings is 1.